The van der Waals surface area contributed by atoms with Crippen molar-refractivity contribution in [2.24, 2.45) is 0 Å². The topological polar surface area (TPSA) is 32.3 Å². The van der Waals surface area contributed by atoms with E-state index in [0.29, 0.717) is 12.5 Å². The Kier molecular flexibility index (Phi) is 4.31. The molecule has 1 aliphatic rings. The summed E-state index contributed by atoms with van der Waals surface area (Å²) in [4.78, 5) is 13.6. The van der Waals surface area contributed by atoms with Gasteiger partial charge in [-0.25, -0.2) is 4.39 Å². The molecule has 0 unspecified atom stereocenters. The highest BCUT2D eigenvalue weighted by Crippen LogP contribution is 2.31. The number of nitrogens with zero attached hydrogens (tertiary/aromatic N) is 1. The summed E-state index contributed by atoms with van der Waals surface area (Å²) in [6.45, 7) is 1.78. The van der Waals surface area contributed by atoms with E-state index >= 15 is 0 Å². The summed E-state index contributed by atoms with van der Waals surface area (Å²) in [5.41, 5.74) is 1.14. The zero-order valence-corrected chi connectivity index (χ0v) is 10.7. The molecule has 1 aromatic rings. The fourth-order valence-corrected chi connectivity index (χ4v) is 2.53. The molecule has 4 heteroatoms. The van der Waals surface area contributed by atoms with Gasteiger partial charge in [0.2, 0.25) is 5.91 Å². The maximum absolute atomic E-state index is 12.9. The molecular formula is C14H19FN2O. The van der Waals surface area contributed by atoms with E-state index in [-0.39, 0.29) is 11.7 Å². The molecule has 1 amide bonds. The fourth-order valence-electron chi connectivity index (χ4n) is 2.53. The van der Waals surface area contributed by atoms with Crippen LogP contribution in [0.4, 0.5) is 4.39 Å². The van der Waals surface area contributed by atoms with Crippen LogP contribution in [0.15, 0.2) is 24.3 Å². The van der Waals surface area contributed by atoms with Gasteiger partial charge in [-0.1, -0.05) is 12.1 Å². The van der Waals surface area contributed by atoms with Gasteiger partial charge >= 0.3 is 0 Å². The molecule has 3 nitrogen and oxygen atoms in total. The van der Waals surface area contributed by atoms with E-state index < -0.39 is 0 Å². The number of carbonyl (C=O) groups is 1. The van der Waals surface area contributed by atoms with Crippen LogP contribution in [0.25, 0.3) is 0 Å². The van der Waals surface area contributed by atoms with Crippen LogP contribution in [0.3, 0.4) is 0 Å². The van der Waals surface area contributed by atoms with E-state index in [1.165, 1.54) is 12.1 Å². The van der Waals surface area contributed by atoms with Gasteiger partial charge in [-0.05, 0) is 37.1 Å². The predicted octanol–water partition coefficient (Wildman–Crippen LogP) is 2.10. The highest BCUT2D eigenvalue weighted by Gasteiger charge is 2.25. The first kappa shape index (κ1) is 13.0. The molecule has 0 spiro atoms. The molecule has 18 heavy (non-hydrogen) atoms. The van der Waals surface area contributed by atoms with Crippen molar-refractivity contribution in [2.45, 2.75) is 25.3 Å². The second-order valence-electron chi connectivity index (χ2n) is 4.67. The van der Waals surface area contributed by atoms with Gasteiger partial charge in [0.05, 0.1) is 0 Å². The Morgan fingerprint density at radius 3 is 2.83 bits per heavy atom. The van der Waals surface area contributed by atoms with Crippen LogP contribution in [0.5, 0.6) is 0 Å². The van der Waals surface area contributed by atoms with Crippen molar-refractivity contribution in [1.29, 1.82) is 0 Å². The number of amides is 1. The van der Waals surface area contributed by atoms with Gasteiger partial charge in [-0.15, -0.1) is 0 Å². The summed E-state index contributed by atoms with van der Waals surface area (Å²) < 4.78 is 12.9. The number of carbonyl (C=O) groups excluding carboxylic acids is 1. The van der Waals surface area contributed by atoms with Crippen LogP contribution in [0, 0.1) is 5.82 Å². The zero-order chi connectivity index (χ0) is 13.0. The third-order valence-corrected chi connectivity index (χ3v) is 3.52. The summed E-state index contributed by atoms with van der Waals surface area (Å²) in [7, 11) is 1.66. The number of hydrogen-bond donors (Lipinski definition) is 1. The first-order valence-corrected chi connectivity index (χ1v) is 6.41. The largest absolute Gasteiger partial charge is 0.359 e. The Balaban J connectivity index is 1.98. The third kappa shape index (κ3) is 3.07. The normalized spacial score (nSPS) is 20.0. The minimum Gasteiger partial charge on any atom is -0.359 e. The summed E-state index contributed by atoms with van der Waals surface area (Å²) in [5, 5.41) is 2.64. The van der Waals surface area contributed by atoms with Crippen molar-refractivity contribution in [2.75, 3.05) is 20.1 Å². The monoisotopic (exact) mass is 250 g/mol. The second kappa shape index (κ2) is 5.96. The SMILES string of the molecule is CNC(=O)CCN1CCC[C@H]1c1ccc(F)cc1. The fraction of sp³-hybridized carbons (Fsp3) is 0.500. The summed E-state index contributed by atoms with van der Waals surface area (Å²) in [5.74, 6) is -0.131. The molecular weight excluding hydrogens is 231 g/mol. The van der Waals surface area contributed by atoms with Gasteiger partial charge in [0.1, 0.15) is 5.82 Å². The number of rotatable bonds is 4. The number of hydrogen-bond acceptors (Lipinski definition) is 2. The van der Waals surface area contributed by atoms with Gasteiger partial charge in [0.15, 0.2) is 0 Å². The molecule has 98 valence electrons. The highest BCUT2D eigenvalue weighted by atomic mass is 19.1. The van der Waals surface area contributed by atoms with Crippen molar-refractivity contribution >= 4 is 5.91 Å². The van der Waals surface area contributed by atoms with Crippen molar-refractivity contribution in [1.82, 2.24) is 10.2 Å². The van der Waals surface area contributed by atoms with Crippen molar-refractivity contribution < 1.29 is 9.18 Å². The van der Waals surface area contributed by atoms with Crippen LogP contribution in [-0.2, 0) is 4.79 Å². The molecule has 1 aromatic carbocycles. The van der Waals surface area contributed by atoms with Crippen LogP contribution in [0.2, 0.25) is 0 Å². The molecule has 1 fully saturated rings. The van der Waals surface area contributed by atoms with Gasteiger partial charge in [0.25, 0.3) is 0 Å². The molecule has 1 saturated heterocycles. The molecule has 1 heterocycles. The number of halogens is 1. The molecule has 1 N–H and O–H groups in total. The van der Waals surface area contributed by atoms with Crippen LogP contribution in [0.1, 0.15) is 30.9 Å². The number of nitrogens with one attached hydrogen (secondary N) is 1. The molecule has 0 bridgehead atoms. The third-order valence-electron chi connectivity index (χ3n) is 3.52. The van der Waals surface area contributed by atoms with Gasteiger partial charge in [0, 0.05) is 26.1 Å². The Hall–Kier alpha value is -1.42. The molecule has 0 aromatic heterocycles. The first-order valence-electron chi connectivity index (χ1n) is 6.41. The molecule has 1 aliphatic heterocycles. The molecule has 1 atom stereocenters. The van der Waals surface area contributed by atoms with Gasteiger partial charge in [-0.3, -0.25) is 9.69 Å². The maximum atomic E-state index is 12.9. The minimum atomic E-state index is -0.200. The van der Waals surface area contributed by atoms with Crippen LogP contribution < -0.4 is 5.32 Å². The summed E-state index contributed by atoms with van der Waals surface area (Å²) in [6, 6.07) is 7.03. The van der Waals surface area contributed by atoms with Gasteiger partial charge in [-0.2, -0.15) is 0 Å². The van der Waals surface area contributed by atoms with Crippen molar-refractivity contribution in [3.63, 3.8) is 0 Å². The van der Waals surface area contributed by atoms with Crippen molar-refractivity contribution in [3.8, 4) is 0 Å². The lowest BCUT2D eigenvalue weighted by molar-refractivity contribution is -0.121. The maximum Gasteiger partial charge on any atom is 0.221 e. The molecule has 0 radical (unpaired) electrons. The van der Waals surface area contributed by atoms with Crippen molar-refractivity contribution in [3.05, 3.63) is 35.6 Å². The average Bonchev–Trinajstić information content (AvgIpc) is 2.85. The lowest BCUT2D eigenvalue weighted by Crippen LogP contribution is -2.29. The quantitative estimate of drug-likeness (QED) is 0.887. The van der Waals surface area contributed by atoms with E-state index in [9.17, 15) is 9.18 Å². The standard InChI is InChI=1S/C14H19FN2O/c1-16-14(18)8-10-17-9-2-3-13(17)11-4-6-12(15)7-5-11/h4-7,13H,2-3,8-10H2,1H3,(H,16,18)/t13-/m0/s1. The van der Waals surface area contributed by atoms with E-state index in [1.54, 1.807) is 7.05 Å². The Labute approximate surface area is 107 Å². The minimum absolute atomic E-state index is 0.0692. The number of benzene rings is 1. The number of likely N-dealkylation sites (tertiary alicyclic amines) is 1. The Morgan fingerprint density at radius 2 is 2.17 bits per heavy atom. The summed E-state index contributed by atoms with van der Waals surface area (Å²) in [6.07, 6.45) is 2.74. The molecule has 0 saturated carbocycles. The van der Waals surface area contributed by atoms with Gasteiger partial charge < -0.3 is 5.32 Å². The van der Waals surface area contributed by atoms with E-state index in [1.807, 2.05) is 12.1 Å². The molecule has 0 aliphatic carbocycles. The van der Waals surface area contributed by atoms with E-state index in [4.69, 9.17) is 0 Å². The zero-order valence-electron chi connectivity index (χ0n) is 10.7. The predicted molar refractivity (Wildman–Crippen MR) is 68.6 cm³/mol. The van der Waals surface area contributed by atoms with Crippen LogP contribution >= 0.6 is 0 Å². The van der Waals surface area contributed by atoms with E-state index in [2.05, 4.69) is 10.2 Å². The molecule has 2 rings (SSSR count). The lowest BCUT2D eigenvalue weighted by atomic mass is 10.0. The summed E-state index contributed by atoms with van der Waals surface area (Å²) >= 11 is 0. The smallest absolute Gasteiger partial charge is 0.221 e. The Morgan fingerprint density at radius 1 is 1.44 bits per heavy atom. The first-order chi connectivity index (χ1) is 8.70. The average molecular weight is 250 g/mol. The lowest BCUT2D eigenvalue weighted by Gasteiger charge is -2.24. The second-order valence-corrected chi connectivity index (χ2v) is 4.67. The van der Waals surface area contributed by atoms with E-state index in [0.717, 1.165) is 31.5 Å². The van der Waals surface area contributed by atoms with Crippen LogP contribution in [-0.4, -0.2) is 30.9 Å². The highest BCUT2D eigenvalue weighted by molar-refractivity contribution is 5.75. The Bertz CT molecular complexity index is 405.